The van der Waals surface area contributed by atoms with E-state index in [-0.39, 0.29) is 18.1 Å². The number of aryl methyl sites for hydroxylation is 1. The van der Waals surface area contributed by atoms with Gasteiger partial charge in [0, 0.05) is 5.69 Å². The summed E-state index contributed by atoms with van der Waals surface area (Å²) in [4.78, 5) is 22.2. The van der Waals surface area contributed by atoms with Crippen LogP contribution in [0.4, 0.5) is 10.5 Å². The molecule has 0 saturated carbocycles. The number of amides is 2. The van der Waals surface area contributed by atoms with Crippen molar-refractivity contribution in [1.29, 1.82) is 0 Å². The number of aromatic carboxylic acids is 1. The van der Waals surface area contributed by atoms with Crippen LogP contribution in [0.15, 0.2) is 18.2 Å². The maximum Gasteiger partial charge on any atom is 0.335 e. The Morgan fingerprint density at radius 2 is 2.11 bits per heavy atom. The van der Waals surface area contributed by atoms with E-state index >= 15 is 0 Å². The van der Waals surface area contributed by atoms with Crippen LogP contribution in [0.25, 0.3) is 0 Å². The largest absolute Gasteiger partial charge is 0.478 e. The van der Waals surface area contributed by atoms with E-state index in [1.165, 1.54) is 12.1 Å². The minimum atomic E-state index is -0.993. The Kier molecular flexibility index (Phi) is 4.76. The second-order valence-corrected chi connectivity index (χ2v) is 3.57. The van der Waals surface area contributed by atoms with Crippen molar-refractivity contribution in [2.24, 2.45) is 0 Å². The highest BCUT2D eigenvalue weighted by atomic mass is 16.4. The van der Waals surface area contributed by atoms with Gasteiger partial charge in [0.05, 0.1) is 12.1 Å². The van der Waals surface area contributed by atoms with Crippen LogP contribution in [0.3, 0.4) is 0 Å². The molecule has 0 atom stereocenters. The number of benzene rings is 1. The molecule has 0 spiro atoms. The minimum absolute atomic E-state index is 0.190. The van der Waals surface area contributed by atoms with Gasteiger partial charge in [-0.1, -0.05) is 5.92 Å². The lowest BCUT2D eigenvalue weighted by Gasteiger charge is -2.09. The molecule has 5 heteroatoms. The molecule has 5 nitrogen and oxygen atoms in total. The van der Waals surface area contributed by atoms with Crippen molar-refractivity contribution in [2.75, 3.05) is 11.9 Å². The highest BCUT2D eigenvalue weighted by Gasteiger charge is 2.07. The molecule has 0 fully saturated rings. The Morgan fingerprint density at radius 3 is 2.67 bits per heavy atom. The van der Waals surface area contributed by atoms with E-state index in [0.717, 1.165) is 0 Å². The van der Waals surface area contributed by atoms with Gasteiger partial charge in [-0.2, -0.15) is 0 Å². The molecule has 2 amide bonds. The molecule has 0 unspecified atom stereocenters. The Bertz CT molecular complexity index is 527. The van der Waals surface area contributed by atoms with Gasteiger partial charge in [0.2, 0.25) is 0 Å². The van der Waals surface area contributed by atoms with Crippen LogP contribution in [-0.4, -0.2) is 23.7 Å². The first kappa shape index (κ1) is 13.6. The van der Waals surface area contributed by atoms with Crippen molar-refractivity contribution < 1.29 is 14.7 Å². The Hall–Kier alpha value is -2.48. The molecule has 0 heterocycles. The molecule has 18 heavy (non-hydrogen) atoms. The second-order valence-electron chi connectivity index (χ2n) is 3.57. The van der Waals surface area contributed by atoms with Gasteiger partial charge < -0.3 is 15.7 Å². The lowest BCUT2D eigenvalue weighted by atomic mass is 10.1. The summed E-state index contributed by atoms with van der Waals surface area (Å²) >= 11 is 0. The van der Waals surface area contributed by atoms with Crippen LogP contribution in [0.2, 0.25) is 0 Å². The summed E-state index contributed by atoms with van der Waals surface area (Å²) in [6.07, 6.45) is 0. The van der Waals surface area contributed by atoms with Crippen LogP contribution in [0.1, 0.15) is 22.8 Å². The zero-order chi connectivity index (χ0) is 13.5. The average Bonchev–Trinajstić information content (AvgIpc) is 2.32. The van der Waals surface area contributed by atoms with E-state index in [2.05, 4.69) is 22.5 Å². The number of hydrogen-bond acceptors (Lipinski definition) is 2. The molecule has 0 aliphatic heterocycles. The maximum absolute atomic E-state index is 11.5. The monoisotopic (exact) mass is 246 g/mol. The molecule has 0 radical (unpaired) electrons. The fourth-order valence-corrected chi connectivity index (χ4v) is 1.32. The Labute approximate surface area is 105 Å². The zero-order valence-corrected chi connectivity index (χ0v) is 10.2. The third-order valence-electron chi connectivity index (χ3n) is 2.24. The summed E-state index contributed by atoms with van der Waals surface area (Å²) < 4.78 is 0. The number of urea groups is 1. The van der Waals surface area contributed by atoms with Gasteiger partial charge in [-0.3, -0.25) is 0 Å². The van der Waals surface area contributed by atoms with Gasteiger partial charge in [-0.05, 0) is 37.6 Å². The van der Waals surface area contributed by atoms with E-state index in [4.69, 9.17) is 5.11 Å². The van der Waals surface area contributed by atoms with Gasteiger partial charge in [0.15, 0.2) is 0 Å². The summed E-state index contributed by atoms with van der Waals surface area (Å²) in [6, 6.07) is 4.13. The van der Waals surface area contributed by atoms with Gasteiger partial charge in [-0.25, -0.2) is 9.59 Å². The molecular formula is C13H14N2O3. The van der Waals surface area contributed by atoms with Gasteiger partial charge in [-0.15, -0.1) is 5.92 Å². The van der Waals surface area contributed by atoms with Crippen LogP contribution in [0.5, 0.6) is 0 Å². The number of carboxylic acid groups (broad SMARTS) is 1. The van der Waals surface area contributed by atoms with E-state index in [9.17, 15) is 9.59 Å². The molecule has 0 bridgehead atoms. The third-order valence-corrected chi connectivity index (χ3v) is 2.24. The molecule has 1 aromatic rings. The van der Waals surface area contributed by atoms with Gasteiger partial charge >= 0.3 is 12.0 Å². The highest BCUT2D eigenvalue weighted by Crippen LogP contribution is 2.16. The first-order valence-corrected chi connectivity index (χ1v) is 5.33. The summed E-state index contributed by atoms with van der Waals surface area (Å²) in [6.45, 7) is 3.69. The summed E-state index contributed by atoms with van der Waals surface area (Å²) in [5.74, 6) is 4.37. The number of carbonyl (C=O) groups excluding carboxylic acids is 1. The number of rotatable bonds is 3. The second kappa shape index (κ2) is 6.30. The molecule has 3 N–H and O–H groups in total. The van der Waals surface area contributed by atoms with E-state index in [1.807, 2.05) is 0 Å². The van der Waals surface area contributed by atoms with Crippen LogP contribution in [0, 0.1) is 18.8 Å². The average molecular weight is 246 g/mol. The number of hydrogen-bond donors (Lipinski definition) is 3. The molecule has 94 valence electrons. The minimum Gasteiger partial charge on any atom is -0.478 e. The smallest absolute Gasteiger partial charge is 0.335 e. The maximum atomic E-state index is 11.5. The van der Waals surface area contributed by atoms with E-state index in [1.54, 1.807) is 19.9 Å². The normalized spacial score (nSPS) is 9.00. The van der Waals surface area contributed by atoms with Crippen molar-refractivity contribution in [3.05, 3.63) is 29.3 Å². The zero-order valence-electron chi connectivity index (χ0n) is 10.2. The molecule has 0 aliphatic carbocycles. The van der Waals surface area contributed by atoms with Gasteiger partial charge in [0.1, 0.15) is 0 Å². The van der Waals surface area contributed by atoms with Crippen molar-refractivity contribution in [3.63, 3.8) is 0 Å². The molecule has 1 aromatic carbocycles. The standard InChI is InChI=1S/C13H14N2O3/c1-3-4-7-14-13(18)15-11-6-5-10(12(16)17)8-9(11)2/h5-6,8H,7H2,1-2H3,(H,16,17)(H2,14,15,18). The fraction of sp³-hybridized carbons (Fsp3) is 0.231. The third kappa shape index (κ3) is 3.83. The Balaban J connectivity index is 2.69. The predicted molar refractivity (Wildman–Crippen MR) is 68.6 cm³/mol. The topological polar surface area (TPSA) is 78.4 Å². The fourth-order valence-electron chi connectivity index (χ4n) is 1.32. The quantitative estimate of drug-likeness (QED) is 0.712. The Morgan fingerprint density at radius 1 is 1.39 bits per heavy atom. The lowest BCUT2D eigenvalue weighted by molar-refractivity contribution is 0.0697. The van der Waals surface area contributed by atoms with Crippen LogP contribution >= 0.6 is 0 Å². The van der Waals surface area contributed by atoms with Gasteiger partial charge in [0.25, 0.3) is 0 Å². The summed E-state index contributed by atoms with van der Waals surface area (Å²) in [5.41, 5.74) is 1.45. The van der Waals surface area contributed by atoms with Crippen molar-refractivity contribution in [3.8, 4) is 11.8 Å². The molecule has 0 saturated heterocycles. The van der Waals surface area contributed by atoms with Crippen LogP contribution in [-0.2, 0) is 0 Å². The molecule has 0 aliphatic rings. The first-order chi connectivity index (χ1) is 8.54. The predicted octanol–water partition coefficient (Wildman–Crippen LogP) is 1.84. The number of anilines is 1. The summed E-state index contributed by atoms with van der Waals surface area (Å²) in [5, 5.41) is 14.0. The number of nitrogens with one attached hydrogen (secondary N) is 2. The molecular weight excluding hydrogens is 232 g/mol. The van der Waals surface area contributed by atoms with Crippen LogP contribution < -0.4 is 10.6 Å². The molecule has 1 rings (SSSR count). The van der Waals surface area contributed by atoms with E-state index < -0.39 is 5.97 Å². The highest BCUT2D eigenvalue weighted by molar-refractivity contribution is 5.92. The van der Waals surface area contributed by atoms with Crippen molar-refractivity contribution in [1.82, 2.24) is 5.32 Å². The number of carbonyl (C=O) groups is 2. The summed E-state index contributed by atoms with van der Waals surface area (Å²) in [7, 11) is 0. The van der Waals surface area contributed by atoms with E-state index in [0.29, 0.717) is 11.3 Å². The number of carboxylic acids is 1. The first-order valence-electron chi connectivity index (χ1n) is 5.33. The lowest BCUT2D eigenvalue weighted by Crippen LogP contribution is -2.29. The molecule has 0 aromatic heterocycles. The van der Waals surface area contributed by atoms with Crippen molar-refractivity contribution in [2.45, 2.75) is 13.8 Å². The SMILES string of the molecule is CC#CCNC(=O)Nc1ccc(C(=O)O)cc1C. The van der Waals surface area contributed by atoms with Crippen molar-refractivity contribution >= 4 is 17.7 Å².